The highest BCUT2D eigenvalue weighted by molar-refractivity contribution is 5.94. The molecular weight excluding hydrogens is 302 g/mol. The highest BCUT2D eigenvalue weighted by Gasteiger charge is 2.36. The second kappa shape index (κ2) is 5.75. The average Bonchev–Trinajstić information content (AvgIpc) is 2.93. The van der Waals surface area contributed by atoms with Crippen molar-refractivity contribution in [3.8, 4) is 5.75 Å². The summed E-state index contributed by atoms with van der Waals surface area (Å²) in [6, 6.07) is 3.46. The molecule has 3 rings (SSSR count). The van der Waals surface area contributed by atoms with Gasteiger partial charge in [-0.1, -0.05) is 0 Å². The summed E-state index contributed by atoms with van der Waals surface area (Å²) in [5.41, 5.74) is -0.216. The minimum Gasteiger partial charge on any atom is -0.466 e. The SMILES string of the molecule is CCOC(=O)c1c[nH]c(=O)c2c1OC(=O)C[C@H]2c1ccc(C)o1. The molecule has 1 atom stereocenters. The second-order valence-corrected chi connectivity index (χ2v) is 5.17. The van der Waals surface area contributed by atoms with Crippen molar-refractivity contribution < 1.29 is 23.5 Å². The first-order valence-electron chi connectivity index (χ1n) is 7.21. The van der Waals surface area contributed by atoms with Crippen LogP contribution in [0.2, 0.25) is 0 Å². The van der Waals surface area contributed by atoms with Crippen LogP contribution in [0.15, 0.2) is 27.5 Å². The molecule has 0 amide bonds. The number of fused-ring (bicyclic) bond motifs is 1. The molecule has 2 aromatic heterocycles. The number of carbonyl (C=O) groups is 2. The molecule has 23 heavy (non-hydrogen) atoms. The lowest BCUT2D eigenvalue weighted by Gasteiger charge is -2.23. The molecule has 2 aromatic rings. The van der Waals surface area contributed by atoms with Gasteiger partial charge < -0.3 is 18.9 Å². The van der Waals surface area contributed by atoms with Crippen LogP contribution in [0.1, 0.15) is 46.7 Å². The third-order valence-electron chi connectivity index (χ3n) is 3.62. The lowest BCUT2D eigenvalue weighted by atomic mass is 9.90. The summed E-state index contributed by atoms with van der Waals surface area (Å²) in [6.45, 7) is 3.60. The van der Waals surface area contributed by atoms with E-state index in [9.17, 15) is 14.4 Å². The summed E-state index contributed by atoms with van der Waals surface area (Å²) in [6.07, 6.45) is 1.16. The Kier molecular flexibility index (Phi) is 3.77. The van der Waals surface area contributed by atoms with Crippen LogP contribution >= 0.6 is 0 Å². The Morgan fingerprint density at radius 3 is 2.83 bits per heavy atom. The smallest absolute Gasteiger partial charge is 0.343 e. The van der Waals surface area contributed by atoms with E-state index in [-0.39, 0.29) is 29.9 Å². The monoisotopic (exact) mass is 317 g/mol. The van der Waals surface area contributed by atoms with E-state index in [0.717, 1.165) is 0 Å². The number of hydrogen-bond donors (Lipinski definition) is 1. The summed E-state index contributed by atoms with van der Waals surface area (Å²) in [5, 5.41) is 0. The molecule has 0 bridgehead atoms. The van der Waals surface area contributed by atoms with Crippen molar-refractivity contribution in [2.45, 2.75) is 26.2 Å². The third-order valence-corrected chi connectivity index (χ3v) is 3.62. The maximum atomic E-state index is 12.3. The van der Waals surface area contributed by atoms with E-state index in [1.54, 1.807) is 26.0 Å². The maximum Gasteiger partial charge on any atom is 0.343 e. The molecule has 120 valence electrons. The van der Waals surface area contributed by atoms with Gasteiger partial charge >= 0.3 is 11.9 Å². The Bertz CT molecular complexity index is 831. The first-order chi connectivity index (χ1) is 11.0. The van der Waals surface area contributed by atoms with E-state index in [1.165, 1.54) is 6.20 Å². The van der Waals surface area contributed by atoms with Crippen LogP contribution in [0.25, 0.3) is 0 Å². The Labute approximate surface area is 131 Å². The van der Waals surface area contributed by atoms with Gasteiger partial charge in [-0.2, -0.15) is 0 Å². The van der Waals surface area contributed by atoms with Crippen LogP contribution in [0.3, 0.4) is 0 Å². The summed E-state index contributed by atoms with van der Waals surface area (Å²) in [7, 11) is 0. The predicted molar refractivity (Wildman–Crippen MR) is 78.6 cm³/mol. The van der Waals surface area contributed by atoms with E-state index < -0.39 is 23.4 Å². The highest BCUT2D eigenvalue weighted by Crippen LogP contribution is 2.38. The molecule has 1 aliphatic rings. The molecular formula is C16H15NO6. The fourth-order valence-corrected chi connectivity index (χ4v) is 2.62. The van der Waals surface area contributed by atoms with Gasteiger partial charge in [0.2, 0.25) is 0 Å². The Morgan fingerprint density at radius 1 is 1.39 bits per heavy atom. The van der Waals surface area contributed by atoms with Gasteiger partial charge in [-0.3, -0.25) is 9.59 Å². The Hall–Kier alpha value is -2.83. The number of rotatable bonds is 3. The number of nitrogens with one attached hydrogen (secondary N) is 1. The minimum atomic E-state index is -0.663. The van der Waals surface area contributed by atoms with Crippen LogP contribution in [0, 0.1) is 6.92 Å². The number of esters is 2. The molecule has 0 saturated heterocycles. The van der Waals surface area contributed by atoms with Gasteiger partial charge in [-0.25, -0.2) is 4.79 Å². The number of ether oxygens (including phenoxy) is 2. The van der Waals surface area contributed by atoms with Gasteiger partial charge in [-0.15, -0.1) is 0 Å². The van der Waals surface area contributed by atoms with Gasteiger partial charge in [0, 0.05) is 6.20 Å². The Morgan fingerprint density at radius 2 is 2.17 bits per heavy atom. The van der Waals surface area contributed by atoms with Crippen molar-refractivity contribution in [3.05, 3.63) is 51.3 Å². The normalized spacial score (nSPS) is 16.6. The molecule has 7 nitrogen and oxygen atoms in total. The van der Waals surface area contributed by atoms with Gasteiger partial charge in [-0.05, 0) is 26.0 Å². The van der Waals surface area contributed by atoms with Gasteiger partial charge in [0.05, 0.1) is 24.5 Å². The number of H-pyrrole nitrogens is 1. The largest absolute Gasteiger partial charge is 0.466 e. The molecule has 0 unspecified atom stereocenters. The molecule has 0 aliphatic carbocycles. The average molecular weight is 317 g/mol. The van der Waals surface area contributed by atoms with Gasteiger partial charge in [0.15, 0.2) is 5.75 Å². The van der Waals surface area contributed by atoms with Gasteiger partial charge in [0.1, 0.15) is 17.1 Å². The van der Waals surface area contributed by atoms with Crippen molar-refractivity contribution in [3.63, 3.8) is 0 Å². The first kappa shape index (κ1) is 15.1. The number of aromatic nitrogens is 1. The number of aromatic amines is 1. The second-order valence-electron chi connectivity index (χ2n) is 5.17. The lowest BCUT2D eigenvalue weighted by Crippen LogP contribution is -2.29. The number of aryl methyl sites for hydroxylation is 1. The van der Waals surface area contributed by atoms with Crippen molar-refractivity contribution >= 4 is 11.9 Å². The molecule has 0 spiro atoms. The van der Waals surface area contributed by atoms with E-state index in [0.29, 0.717) is 11.5 Å². The molecule has 1 aliphatic heterocycles. The molecule has 0 aromatic carbocycles. The first-order valence-corrected chi connectivity index (χ1v) is 7.21. The summed E-state index contributed by atoms with van der Waals surface area (Å²) in [4.78, 5) is 38.7. The standard InChI is InChI=1S/C16H15NO6/c1-3-21-16(20)10-7-17-15(19)13-9(6-12(18)23-14(10)13)11-5-4-8(2)22-11/h4-5,7,9H,3,6H2,1-2H3,(H,17,19)/t9-/m0/s1. The molecule has 0 radical (unpaired) electrons. The Balaban J connectivity index is 2.17. The van der Waals surface area contributed by atoms with Crippen molar-refractivity contribution in [2.75, 3.05) is 6.61 Å². The van der Waals surface area contributed by atoms with Crippen LogP contribution in [0.4, 0.5) is 0 Å². The fraction of sp³-hybridized carbons (Fsp3) is 0.312. The van der Waals surface area contributed by atoms with E-state index >= 15 is 0 Å². The minimum absolute atomic E-state index is 0.0165. The predicted octanol–water partition coefficient (Wildman–Crippen LogP) is 1.89. The quantitative estimate of drug-likeness (QED) is 0.868. The summed E-state index contributed by atoms with van der Waals surface area (Å²) < 4.78 is 15.7. The highest BCUT2D eigenvalue weighted by atomic mass is 16.5. The van der Waals surface area contributed by atoms with Crippen LogP contribution in [-0.2, 0) is 9.53 Å². The molecule has 7 heteroatoms. The van der Waals surface area contributed by atoms with Crippen LogP contribution in [-0.4, -0.2) is 23.5 Å². The zero-order chi connectivity index (χ0) is 16.6. The molecule has 1 N–H and O–H groups in total. The fourth-order valence-electron chi connectivity index (χ4n) is 2.62. The zero-order valence-electron chi connectivity index (χ0n) is 12.7. The van der Waals surface area contributed by atoms with Crippen molar-refractivity contribution in [1.82, 2.24) is 4.98 Å². The summed E-state index contributed by atoms with van der Waals surface area (Å²) >= 11 is 0. The van der Waals surface area contributed by atoms with E-state index in [2.05, 4.69) is 4.98 Å². The maximum absolute atomic E-state index is 12.3. The van der Waals surface area contributed by atoms with E-state index in [4.69, 9.17) is 13.9 Å². The lowest BCUT2D eigenvalue weighted by molar-refractivity contribution is -0.135. The number of hydrogen-bond acceptors (Lipinski definition) is 6. The topological polar surface area (TPSA) is 98.6 Å². The zero-order valence-corrected chi connectivity index (χ0v) is 12.7. The summed E-state index contributed by atoms with van der Waals surface area (Å²) in [5.74, 6) is -0.706. The number of pyridine rings is 1. The third kappa shape index (κ3) is 2.65. The van der Waals surface area contributed by atoms with Gasteiger partial charge in [0.25, 0.3) is 5.56 Å². The molecule has 0 fully saturated rings. The number of furan rings is 1. The van der Waals surface area contributed by atoms with Crippen LogP contribution in [0.5, 0.6) is 5.75 Å². The van der Waals surface area contributed by atoms with Crippen molar-refractivity contribution in [2.24, 2.45) is 0 Å². The molecule has 3 heterocycles. The van der Waals surface area contributed by atoms with Crippen molar-refractivity contribution in [1.29, 1.82) is 0 Å². The molecule has 0 saturated carbocycles. The number of carbonyl (C=O) groups excluding carboxylic acids is 2. The van der Waals surface area contributed by atoms with Crippen LogP contribution < -0.4 is 10.3 Å². The van der Waals surface area contributed by atoms with E-state index in [1.807, 2.05) is 0 Å².